The van der Waals surface area contributed by atoms with E-state index in [0.29, 0.717) is 0 Å². The first-order valence-electron chi connectivity index (χ1n) is 9.28. The fourth-order valence-corrected chi connectivity index (χ4v) is 4.40. The standard InChI is InChI=1S/C23H28N2OS/c1-7-25-20-13-21(26-5)17(12-18(20)16(2)14-23(25,3)4)15-24-19-10-8-9-11-22(19)27-6/h8-15H,7H2,1-6H3. The third-order valence-corrected chi connectivity index (χ3v) is 5.86. The molecule has 1 heterocycles. The van der Waals surface area contributed by atoms with E-state index in [4.69, 9.17) is 9.73 Å². The first-order valence-corrected chi connectivity index (χ1v) is 10.5. The van der Waals surface area contributed by atoms with Gasteiger partial charge in [0, 0.05) is 40.5 Å². The van der Waals surface area contributed by atoms with Crippen molar-refractivity contribution < 1.29 is 4.74 Å². The molecular weight excluding hydrogens is 352 g/mol. The quantitative estimate of drug-likeness (QED) is 0.457. The van der Waals surface area contributed by atoms with Crippen molar-refractivity contribution in [2.75, 3.05) is 24.8 Å². The van der Waals surface area contributed by atoms with E-state index in [1.165, 1.54) is 21.7 Å². The molecule has 0 bridgehead atoms. The van der Waals surface area contributed by atoms with Gasteiger partial charge in [0.05, 0.1) is 18.3 Å². The third kappa shape index (κ3) is 3.77. The molecule has 0 radical (unpaired) electrons. The molecule has 2 aromatic carbocycles. The number of para-hydroxylation sites is 1. The summed E-state index contributed by atoms with van der Waals surface area (Å²) in [6.07, 6.45) is 6.33. The van der Waals surface area contributed by atoms with Gasteiger partial charge in [0.1, 0.15) is 5.75 Å². The van der Waals surface area contributed by atoms with Crippen LogP contribution in [0, 0.1) is 0 Å². The fraction of sp³-hybridized carbons (Fsp3) is 0.348. The highest BCUT2D eigenvalue weighted by Crippen LogP contribution is 2.41. The molecule has 4 heteroatoms. The number of allylic oxidation sites excluding steroid dienone is 1. The largest absolute Gasteiger partial charge is 0.496 e. The first kappa shape index (κ1) is 19.6. The molecule has 1 aliphatic rings. The molecule has 0 aromatic heterocycles. The summed E-state index contributed by atoms with van der Waals surface area (Å²) < 4.78 is 5.71. The summed E-state index contributed by atoms with van der Waals surface area (Å²) in [5.41, 5.74) is 5.73. The van der Waals surface area contributed by atoms with Crippen LogP contribution in [0.5, 0.6) is 5.75 Å². The maximum Gasteiger partial charge on any atom is 0.129 e. The van der Waals surface area contributed by atoms with Gasteiger partial charge in [-0.15, -0.1) is 11.8 Å². The van der Waals surface area contributed by atoms with Crippen LogP contribution in [0.15, 0.2) is 52.4 Å². The first-order chi connectivity index (χ1) is 12.9. The van der Waals surface area contributed by atoms with E-state index in [9.17, 15) is 0 Å². The van der Waals surface area contributed by atoms with Gasteiger partial charge in [-0.25, -0.2) is 0 Å². The molecule has 0 unspecified atom stereocenters. The Kier molecular flexibility index (Phi) is 5.66. The highest BCUT2D eigenvalue weighted by Gasteiger charge is 2.31. The summed E-state index contributed by atoms with van der Waals surface area (Å²) in [7, 11) is 1.72. The minimum Gasteiger partial charge on any atom is -0.496 e. The van der Waals surface area contributed by atoms with Crippen molar-refractivity contribution in [3.05, 3.63) is 53.6 Å². The van der Waals surface area contributed by atoms with Crippen LogP contribution in [-0.2, 0) is 0 Å². The topological polar surface area (TPSA) is 24.8 Å². The van der Waals surface area contributed by atoms with Crippen LogP contribution in [0.25, 0.3) is 5.57 Å². The van der Waals surface area contributed by atoms with Gasteiger partial charge < -0.3 is 9.64 Å². The number of nitrogens with zero attached hydrogens (tertiary/aromatic N) is 2. The van der Waals surface area contributed by atoms with Crippen LogP contribution in [0.2, 0.25) is 0 Å². The predicted molar refractivity (Wildman–Crippen MR) is 119 cm³/mol. The normalized spacial score (nSPS) is 15.6. The summed E-state index contributed by atoms with van der Waals surface area (Å²) in [4.78, 5) is 8.32. The average molecular weight is 381 g/mol. The van der Waals surface area contributed by atoms with E-state index < -0.39 is 0 Å². The maximum absolute atomic E-state index is 5.71. The van der Waals surface area contributed by atoms with E-state index in [1.807, 2.05) is 24.4 Å². The maximum atomic E-state index is 5.71. The van der Waals surface area contributed by atoms with E-state index in [0.717, 1.165) is 23.5 Å². The van der Waals surface area contributed by atoms with E-state index in [-0.39, 0.29) is 5.54 Å². The van der Waals surface area contributed by atoms with Gasteiger partial charge in [0.2, 0.25) is 0 Å². The second-order valence-electron chi connectivity index (χ2n) is 7.27. The number of likely N-dealkylation sites (N-methyl/N-ethyl adjacent to an activating group) is 1. The van der Waals surface area contributed by atoms with Gasteiger partial charge in [-0.1, -0.05) is 18.2 Å². The lowest BCUT2D eigenvalue weighted by atomic mass is 9.88. The Labute approximate surface area is 167 Å². The van der Waals surface area contributed by atoms with Gasteiger partial charge in [0.15, 0.2) is 0 Å². The molecule has 0 spiro atoms. The lowest BCUT2D eigenvalue weighted by Crippen LogP contribution is -2.44. The highest BCUT2D eigenvalue weighted by atomic mass is 32.2. The molecule has 0 fully saturated rings. The third-order valence-electron chi connectivity index (χ3n) is 5.07. The Bertz CT molecular complexity index is 899. The van der Waals surface area contributed by atoms with Gasteiger partial charge in [0.25, 0.3) is 0 Å². The second-order valence-corrected chi connectivity index (χ2v) is 8.11. The highest BCUT2D eigenvalue weighted by molar-refractivity contribution is 7.98. The van der Waals surface area contributed by atoms with Gasteiger partial charge >= 0.3 is 0 Å². The average Bonchev–Trinajstić information content (AvgIpc) is 2.65. The number of ether oxygens (including phenoxy) is 1. The van der Waals surface area contributed by atoms with Crippen molar-refractivity contribution in [3.8, 4) is 5.75 Å². The number of aliphatic imine (C=N–C) groups is 1. The molecule has 2 aromatic rings. The summed E-state index contributed by atoms with van der Waals surface area (Å²) in [5.74, 6) is 0.850. The van der Waals surface area contributed by atoms with E-state index >= 15 is 0 Å². The van der Waals surface area contributed by atoms with Crippen LogP contribution in [0.3, 0.4) is 0 Å². The zero-order valence-electron chi connectivity index (χ0n) is 17.0. The number of hydrogen-bond acceptors (Lipinski definition) is 4. The number of rotatable bonds is 5. The number of hydrogen-bond donors (Lipinski definition) is 0. The Morgan fingerprint density at radius 3 is 2.63 bits per heavy atom. The minimum atomic E-state index is -0.0102. The van der Waals surface area contributed by atoms with Crippen molar-refractivity contribution in [3.63, 3.8) is 0 Å². The smallest absolute Gasteiger partial charge is 0.129 e. The molecule has 0 amide bonds. The van der Waals surface area contributed by atoms with E-state index in [1.54, 1.807) is 18.9 Å². The van der Waals surface area contributed by atoms with Crippen LogP contribution < -0.4 is 9.64 Å². The molecule has 3 rings (SSSR count). The molecule has 27 heavy (non-hydrogen) atoms. The van der Waals surface area contributed by atoms with Crippen LogP contribution in [0.1, 0.15) is 38.8 Å². The molecule has 3 nitrogen and oxygen atoms in total. The Balaban J connectivity index is 2.08. The van der Waals surface area contributed by atoms with Crippen molar-refractivity contribution in [1.82, 2.24) is 0 Å². The molecule has 0 N–H and O–H groups in total. The summed E-state index contributed by atoms with van der Waals surface area (Å²) in [6.45, 7) is 9.83. The molecular formula is C23H28N2OS. The fourth-order valence-electron chi connectivity index (χ4n) is 3.85. The second kappa shape index (κ2) is 7.81. The zero-order chi connectivity index (χ0) is 19.6. The lowest BCUT2D eigenvalue weighted by molar-refractivity contribution is 0.413. The van der Waals surface area contributed by atoms with Crippen LogP contribution in [0.4, 0.5) is 11.4 Å². The number of anilines is 1. The summed E-state index contributed by atoms with van der Waals surface area (Å²) in [5, 5.41) is 0. The minimum absolute atomic E-state index is 0.0102. The number of benzene rings is 2. The van der Waals surface area contributed by atoms with Gasteiger partial charge in [-0.05, 0) is 57.7 Å². The Morgan fingerprint density at radius 1 is 1.22 bits per heavy atom. The monoisotopic (exact) mass is 380 g/mol. The number of thioether (sulfide) groups is 1. The zero-order valence-corrected chi connectivity index (χ0v) is 17.9. The Hall–Kier alpha value is -2.20. The SMILES string of the molecule is CCN1c2cc(OC)c(C=Nc3ccccc3SC)cc2C(C)=CC1(C)C. The molecule has 0 atom stereocenters. The summed E-state index contributed by atoms with van der Waals surface area (Å²) >= 11 is 1.71. The number of methoxy groups -OCH3 is 1. The lowest BCUT2D eigenvalue weighted by Gasteiger charge is -2.43. The Morgan fingerprint density at radius 2 is 1.96 bits per heavy atom. The molecule has 1 aliphatic heterocycles. The molecule has 0 aliphatic carbocycles. The van der Waals surface area contributed by atoms with Gasteiger partial charge in [-0.3, -0.25) is 4.99 Å². The summed E-state index contributed by atoms with van der Waals surface area (Å²) in [6, 6.07) is 12.5. The molecule has 0 saturated carbocycles. The van der Waals surface area contributed by atoms with Crippen LogP contribution in [-0.4, -0.2) is 31.7 Å². The van der Waals surface area contributed by atoms with Crippen LogP contribution >= 0.6 is 11.8 Å². The van der Waals surface area contributed by atoms with E-state index in [2.05, 4.69) is 63.1 Å². The predicted octanol–water partition coefficient (Wildman–Crippen LogP) is 6.19. The molecule has 142 valence electrons. The van der Waals surface area contributed by atoms with Gasteiger partial charge in [-0.2, -0.15) is 0 Å². The van der Waals surface area contributed by atoms with Crippen molar-refractivity contribution >= 4 is 34.9 Å². The number of fused-ring (bicyclic) bond motifs is 1. The molecule has 0 saturated heterocycles. The van der Waals surface area contributed by atoms with Crippen molar-refractivity contribution in [2.45, 2.75) is 38.1 Å². The van der Waals surface area contributed by atoms with Crippen molar-refractivity contribution in [2.24, 2.45) is 4.99 Å². The van der Waals surface area contributed by atoms with Crippen molar-refractivity contribution in [1.29, 1.82) is 0 Å².